The molecule has 4 rings (SSSR count). The van der Waals surface area contributed by atoms with E-state index in [1.165, 1.54) is 6.42 Å². The zero-order chi connectivity index (χ0) is 13.5. The maximum Gasteiger partial charge on any atom is 0.224 e. The number of benzene rings is 1. The summed E-state index contributed by atoms with van der Waals surface area (Å²) in [5, 5.41) is 7.66. The lowest BCUT2D eigenvalue weighted by molar-refractivity contribution is 0.102. The smallest absolute Gasteiger partial charge is 0.224 e. The van der Waals surface area contributed by atoms with Crippen LogP contribution in [0.3, 0.4) is 0 Å². The second-order valence-electron chi connectivity index (χ2n) is 5.52. The summed E-state index contributed by atoms with van der Waals surface area (Å²) in [5.41, 5.74) is 0.957. The molecule has 2 saturated heterocycles. The molecule has 0 radical (unpaired) electrons. The van der Waals surface area contributed by atoms with Gasteiger partial charge in [0.15, 0.2) is 0 Å². The predicted octanol–water partition coefficient (Wildman–Crippen LogP) is 2.40. The van der Waals surface area contributed by atoms with E-state index in [0.717, 1.165) is 29.6 Å². The Morgan fingerprint density at radius 2 is 2.10 bits per heavy atom. The van der Waals surface area contributed by atoms with Gasteiger partial charge in [0, 0.05) is 12.4 Å². The highest BCUT2D eigenvalue weighted by molar-refractivity contribution is 5.90. The third-order valence-electron chi connectivity index (χ3n) is 4.25. The van der Waals surface area contributed by atoms with E-state index in [9.17, 15) is 0 Å². The zero-order valence-corrected chi connectivity index (χ0v) is 11.5. The summed E-state index contributed by atoms with van der Waals surface area (Å²) in [7, 11) is 1.84. The molecular weight excluding hydrogens is 252 g/mol. The van der Waals surface area contributed by atoms with Gasteiger partial charge < -0.3 is 15.4 Å². The molecule has 2 aliphatic heterocycles. The van der Waals surface area contributed by atoms with Crippen molar-refractivity contribution in [2.24, 2.45) is 0 Å². The van der Waals surface area contributed by atoms with Crippen molar-refractivity contribution in [2.75, 3.05) is 17.7 Å². The molecule has 3 heterocycles. The van der Waals surface area contributed by atoms with E-state index in [1.807, 2.05) is 25.2 Å². The Kier molecular flexibility index (Phi) is 2.73. The summed E-state index contributed by atoms with van der Waals surface area (Å²) < 4.78 is 5.90. The van der Waals surface area contributed by atoms with Gasteiger partial charge in [-0.2, -0.15) is 4.98 Å². The third-order valence-corrected chi connectivity index (χ3v) is 4.25. The molecule has 1 aromatic heterocycles. The topological polar surface area (TPSA) is 59.1 Å². The highest BCUT2D eigenvalue weighted by atomic mass is 16.5. The van der Waals surface area contributed by atoms with E-state index in [-0.39, 0.29) is 0 Å². The first-order valence-electron chi connectivity index (χ1n) is 7.20. The van der Waals surface area contributed by atoms with Crippen molar-refractivity contribution in [2.45, 2.75) is 37.5 Å². The SMILES string of the molecule is CNc1nc(NC2CC3CCC2O3)c2ccccc2n1. The molecule has 3 atom stereocenters. The molecule has 3 unspecified atom stereocenters. The Bertz CT molecular complexity index is 645. The van der Waals surface area contributed by atoms with E-state index in [4.69, 9.17) is 4.74 Å². The third kappa shape index (κ3) is 1.89. The molecule has 2 aromatic rings. The second-order valence-corrected chi connectivity index (χ2v) is 5.52. The van der Waals surface area contributed by atoms with Crippen molar-refractivity contribution in [1.82, 2.24) is 9.97 Å². The molecule has 20 heavy (non-hydrogen) atoms. The van der Waals surface area contributed by atoms with Gasteiger partial charge in [-0.05, 0) is 31.4 Å². The van der Waals surface area contributed by atoms with Crippen molar-refractivity contribution in [1.29, 1.82) is 0 Å². The van der Waals surface area contributed by atoms with E-state index < -0.39 is 0 Å². The number of para-hydroxylation sites is 1. The minimum absolute atomic E-state index is 0.340. The van der Waals surface area contributed by atoms with Crippen LogP contribution in [0.2, 0.25) is 0 Å². The fourth-order valence-electron chi connectivity index (χ4n) is 3.26. The van der Waals surface area contributed by atoms with Crippen LogP contribution in [0, 0.1) is 0 Å². The molecule has 0 aliphatic carbocycles. The number of aromatic nitrogens is 2. The molecule has 2 N–H and O–H groups in total. The lowest BCUT2D eigenvalue weighted by Gasteiger charge is -2.21. The van der Waals surface area contributed by atoms with Gasteiger partial charge in [0.05, 0.1) is 23.8 Å². The van der Waals surface area contributed by atoms with Crippen molar-refractivity contribution < 1.29 is 4.74 Å². The van der Waals surface area contributed by atoms with E-state index in [0.29, 0.717) is 24.2 Å². The molecule has 5 heteroatoms. The van der Waals surface area contributed by atoms with Crippen molar-refractivity contribution in [3.8, 4) is 0 Å². The van der Waals surface area contributed by atoms with Crippen molar-refractivity contribution >= 4 is 22.7 Å². The number of anilines is 2. The highest BCUT2D eigenvalue weighted by Crippen LogP contribution is 2.36. The van der Waals surface area contributed by atoms with E-state index in [1.54, 1.807) is 0 Å². The second kappa shape index (κ2) is 4.59. The van der Waals surface area contributed by atoms with Gasteiger partial charge in [0.25, 0.3) is 0 Å². The normalized spacial score (nSPS) is 27.9. The number of ether oxygens (including phenoxy) is 1. The van der Waals surface area contributed by atoms with Crippen molar-refractivity contribution in [3.63, 3.8) is 0 Å². The molecule has 0 amide bonds. The predicted molar refractivity (Wildman–Crippen MR) is 79.0 cm³/mol. The van der Waals surface area contributed by atoms with Gasteiger partial charge in [-0.3, -0.25) is 0 Å². The van der Waals surface area contributed by atoms with Gasteiger partial charge in [-0.15, -0.1) is 0 Å². The van der Waals surface area contributed by atoms with Crippen LogP contribution in [-0.4, -0.2) is 35.3 Å². The Labute approximate surface area is 117 Å². The lowest BCUT2D eigenvalue weighted by Crippen LogP contribution is -2.31. The summed E-state index contributed by atoms with van der Waals surface area (Å²) in [6.07, 6.45) is 4.22. The minimum atomic E-state index is 0.340. The largest absolute Gasteiger partial charge is 0.373 e. The van der Waals surface area contributed by atoms with E-state index >= 15 is 0 Å². The zero-order valence-electron chi connectivity index (χ0n) is 11.5. The van der Waals surface area contributed by atoms with Crippen LogP contribution in [0.5, 0.6) is 0 Å². The summed E-state index contributed by atoms with van der Waals surface area (Å²) in [6.45, 7) is 0. The van der Waals surface area contributed by atoms with Gasteiger partial charge in [0.1, 0.15) is 5.82 Å². The summed E-state index contributed by atoms with van der Waals surface area (Å²) >= 11 is 0. The minimum Gasteiger partial charge on any atom is -0.373 e. The fraction of sp³-hybridized carbons (Fsp3) is 0.467. The number of hydrogen-bond acceptors (Lipinski definition) is 5. The fourth-order valence-corrected chi connectivity index (χ4v) is 3.26. The van der Waals surface area contributed by atoms with E-state index in [2.05, 4.69) is 26.7 Å². The van der Waals surface area contributed by atoms with Crippen molar-refractivity contribution in [3.05, 3.63) is 24.3 Å². The molecule has 2 aliphatic rings. The Morgan fingerprint density at radius 1 is 1.20 bits per heavy atom. The standard InChI is InChI=1S/C15H18N4O/c1-16-15-18-11-5-3-2-4-10(11)14(19-15)17-12-8-9-6-7-13(12)20-9/h2-5,9,12-13H,6-8H2,1H3,(H2,16,17,18,19). The van der Waals surface area contributed by atoms with Gasteiger partial charge >= 0.3 is 0 Å². The number of hydrogen-bond donors (Lipinski definition) is 2. The molecule has 2 bridgehead atoms. The lowest BCUT2D eigenvalue weighted by atomic mass is 9.95. The summed E-state index contributed by atoms with van der Waals surface area (Å²) in [4.78, 5) is 9.06. The quantitative estimate of drug-likeness (QED) is 0.897. The molecule has 0 saturated carbocycles. The summed E-state index contributed by atoms with van der Waals surface area (Å²) in [5.74, 6) is 1.55. The van der Waals surface area contributed by atoms with Crippen LogP contribution in [0.1, 0.15) is 19.3 Å². The molecule has 0 spiro atoms. The van der Waals surface area contributed by atoms with Crippen LogP contribution in [-0.2, 0) is 4.74 Å². The van der Waals surface area contributed by atoms with Crippen LogP contribution < -0.4 is 10.6 Å². The van der Waals surface area contributed by atoms with Gasteiger partial charge in [-0.1, -0.05) is 12.1 Å². The maximum absolute atomic E-state index is 5.90. The monoisotopic (exact) mass is 270 g/mol. The molecule has 1 aromatic carbocycles. The Hall–Kier alpha value is -1.88. The summed E-state index contributed by atoms with van der Waals surface area (Å²) in [6, 6.07) is 8.47. The first-order valence-corrected chi connectivity index (χ1v) is 7.20. The molecular formula is C15H18N4O. The highest BCUT2D eigenvalue weighted by Gasteiger charge is 2.41. The molecule has 5 nitrogen and oxygen atoms in total. The first-order chi connectivity index (χ1) is 9.83. The average molecular weight is 270 g/mol. The molecule has 2 fully saturated rings. The van der Waals surface area contributed by atoms with Crippen LogP contribution in [0.25, 0.3) is 10.9 Å². The van der Waals surface area contributed by atoms with Crippen LogP contribution >= 0.6 is 0 Å². The van der Waals surface area contributed by atoms with Gasteiger partial charge in [-0.25, -0.2) is 4.98 Å². The van der Waals surface area contributed by atoms with Crippen LogP contribution in [0.4, 0.5) is 11.8 Å². The molecule has 104 valence electrons. The van der Waals surface area contributed by atoms with Gasteiger partial charge in [0.2, 0.25) is 5.95 Å². The number of rotatable bonds is 3. The number of fused-ring (bicyclic) bond motifs is 3. The maximum atomic E-state index is 5.90. The Balaban J connectivity index is 1.71. The first kappa shape index (κ1) is 11.9. The van der Waals surface area contributed by atoms with Crippen LogP contribution in [0.15, 0.2) is 24.3 Å². The Morgan fingerprint density at radius 3 is 2.85 bits per heavy atom. The number of nitrogens with one attached hydrogen (secondary N) is 2. The average Bonchev–Trinajstić information content (AvgIpc) is 3.09. The number of nitrogens with zero attached hydrogens (tertiary/aromatic N) is 2.